The van der Waals surface area contributed by atoms with Crippen molar-refractivity contribution in [3.05, 3.63) is 67.8 Å². The first kappa shape index (κ1) is 16.5. The second-order valence-corrected chi connectivity index (χ2v) is 6.17. The smallest absolute Gasteiger partial charge is 0.271 e. The molecule has 0 unspecified atom stereocenters. The molecule has 10 heteroatoms. The Hall–Kier alpha value is -3.40. The van der Waals surface area contributed by atoms with Crippen LogP contribution in [0.3, 0.4) is 0 Å². The first-order valence-corrected chi connectivity index (χ1v) is 7.78. The topological polar surface area (TPSA) is 128 Å². The zero-order chi connectivity index (χ0) is 18.1. The molecule has 1 aromatic heterocycles. The largest absolute Gasteiger partial charge is 0.298 e. The van der Waals surface area contributed by atoms with Gasteiger partial charge in [-0.15, -0.1) is 0 Å². The molecule has 0 atom stereocenters. The number of rotatable bonds is 4. The van der Waals surface area contributed by atoms with Crippen LogP contribution in [0.5, 0.6) is 0 Å². The molecule has 1 N–H and O–H groups in total. The normalized spacial score (nSPS) is 10.6. The first-order valence-electron chi connectivity index (χ1n) is 6.96. The third kappa shape index (κ3) is 3.28. The van der Waals surface area contributed by atoms with E-state index < -0.39 is 15.8 Å². The second kappa shape index (κ2) is 6.24. The fourth-order valence-corrected chi connectivity index (χ4v) is 3.21. The number of non-ortho nitro benzene ring substituents is 2. The zero-order valence-corrected chi connectivity index (χ0v) is 13.6. The molecule has 0 spiro atoms. The van der Waals surface area contributed by atoms with Crippen molar-refractivity contribution in [2.24, 2.45) is 0 Å². The van der Waals surface area contributed by atoms with Crippen LogP contribution >= 0.6 is 11.3 Å². The number of carbonyl (C=O) groups is 1. The van der Waals surface area contributed by atoms with Crippen LogP contribution in [-0.4, -0.2) is 20.7 Å². The lowest BCUT2D eigenvalue weighted by molar-refractivity contribution is -0.385. The second-order valence-electron chi connectivity index (χ2n) is 5.14. The number of thiazole rings is 1. The Labute approximate surface area is 144 Å². The van der Waals surface area contributed by atoms with Crippen LogP contribution in [0.2, 0.25) is 0 Å². The van der Waals surface area contributed by atoms with Gasteiger partial charge in [0.1, 0.15) is 0 Å². The summed E-state index contributed by atoms with van der Waals surface area (Å²) in [6.07, 6.45) is 0. The van der Waals surface area contributed by atoms with E-state index in [0.29, 0.717) is 20.9 Å². The molecule has 3 aromatic rings. The number of hydrogen-bond donors (Lipinski definition) is 1. The Balaban J connectivity index is 1.87. The van der Waals surface area contributed by atoms with Crippen molar-refractivity contribution in [1.29, 1.82) is 0 Å². The highest BCUT2D eigenvalue weighted by Crippen LogP contribution is 2.32. The molecule has 126 valence electrons. The molecule has 3 rings (SSSR count). The van der Waals surface area contributed by atoms with E-state index in [2.05, 4.69) is 10.3 Å². The van der Waals surface area contributed by atoms with E-state index in [1.807, 2.05) is 0 Å². The van der Waals surface area contributed by atoms with E-state index in [1.165, 1.54) is 36.4 Å². The Morgan fingerprint density at radius 3 is 2.32 bits per heavy atom. The van der Waals surface area contributed by atoms with Gasteiger partial charge in [0, 0.05) is 29.8 Å². The van der Waals surface area contributed by atoms with E-state index in [-0.39, 0.29) is 16.9 Å². The van der Waals surface area contributed by atoms with Crippen molar-refractivity contribution in [3.8, 4) is 0 Å². The number of nitrogens with one attached hydrogen (secondary N) is 1. The molecule has 0 radical (unpaired) electrons. The third-order valence-corrected chi connectivity index (χ3v) is 4.36. The Morgan fingerprint density at radius 1 is 1.08 bits per heavy atom. The van der Waals surface area contributed by atoms with Crippen molar-refractivity contribution in [1.82, 2.24) is 4.98 Å². The third-order valence-electron chi connectivity index (χ3n) is 3.44. The summed E-state index contributed by atoms with van der Waals surface area (Å²) in [6, 6.07) is 7.99. The number of aromatic nitrogens is 1. The molecule has 2 aromatic carbocycles. The lowest BCUT2D eigenvalue weighted by atomic mass is 10.2. The van der Waals surface area contributed by atoms with Gasteiger partial charge in [0.25, 0.3) is 17.3 Å². The standard InChI is InChI=1S/C15H10N4O5S/c1-8-6-11(19(23)24)7-12-13(8)16-15(25-12)17-14(20)9-2-4-10(5-3-9)18(21)22/h2-7H,1H3,(H,16,17,20). The van der Waals surface area contributed by atoms with Crippen LogP contribution in [0.1, 0.15) is 15.9 Å². The monoisotopic (exact) mass is 358 g/mol. The predicted octanol–water partition coefficient (Wildman–Crippen LogP) is 3.67. The number of nitro benzene ring substituents is 2. The summed E-state index contributed by atoms with van der Waals surface area (Å²) >= 11 is 1.12. The number of benzene rings is 2. The molecule has 1 heterocycles. The van der Waals surface area contributed by atoms with E-state index in [0.717, 1.165) is 11.3 Å². The van der Waals surface area contributed by atoms with Crippen molar-refractivity contribution < 1.29 is 14.6 Å². The molecule has 9 nitrogen and oxygen atoms in total. The number of carbonyl (C=O) groups excluding carboxylic acids is 1. The van der Waals surface area contributed by atoms with Crippen LogP contribution in [0, 0.1) is 27.2 Å². The maximum absolute atomic E-state index is 12.2. The van der Waals surface area contributed by atoms with Crippen molar-refractivity contribution >= 4 is 44.0 Å². The lowest BCUT2D eigenvalue weighted by Crippen LogP contribution is -2.11. The van der Waals surface area contributed by atoms with Crippen molar-refractivity contribution in [2.75, 3.05) is 5.32 Å². The highest BCUT2D eigenvalue weighted by atomic mass is 32.1. The number of nitro groups is 2. The van der Waals surface area contributed by atoms with Gasteiger partial charge in [0.2, 0.25) is 0 Å². The number of hydrogen-bond acceptors (Lipinski definition) is 7. The summed E-state index contributed by atoms with van der Waals surface area (Å²) in [5, 5.41) is 24.4. The average molecular weight is 358 g/mol. The molecule has 0 aliphatic heterocycles. The molecule has 0 fully saturated rings. The van der Waals surface area contributed by atoms with E-state index in [4.69, 9.17) is 0 Å². The number of aryl methyl sites for hydroxylation is 1. The number of amides is 1. The fraction of sp³-hybridized carbons (Fsp3) is 0.0667. The minimum atomic E-state index is -0.551. The molecule has 25 heavy (non-hydrogen) atoms. The minimum absolute atomic E-state index is 0.0399. The van der Waals surface area contributed by atoms with Crippen LogP contribution in [0.15, 0.2) is 36.4 Å². The quantitative estimate of drug-likeness (QED) is 0.559. The summed E-state index contributed by atoms with van der Waals surface area (Å²) in [5.41, 5.74) is 1.31. The molecule has 1 amide bonds. The summed E-state index contributed by atoms with van der Waals surface area (Å²) in [6.45, 7) is 1.71. The highest BCUT2D eigenvalue weighted by Gasteiger charge is 2.16. The van der Waals surface area contributed by atoms with Gasteiger partial charge < -0.3 is 0 Å². The highest BCUT2D eigenvalue weighted by molar-refractivity contribution is 7.22. The first-order chi connectivity index (χ1) is 11.8. The van der Waals surface area contributed by atoms with Gasteiger partial charge in [0.05, 0.1) is 20.1 Å². The number of anilines is 1. The van der Waals surface area contributed by atoms with Gasteiger partial charge in [-0.1, -0.05) is 11.3 Å². The molecular weight excluding hydrogens is 348 g/mol. The van der Waals surface area contributed by atoms with Gasteiger partial charge in [-0.2, -0.15) is 0 Å². The summed E-state index contributed by atoms with van der Waals surface area (Å²) in [4.78, 5) is 37.0. The Bertz CT molecular complexity index is 1010. The molecule has 0 aliphatic rings. The summed E-state index contributed by atoms with van der Waals surface area (Å²) in [5.74, 6) is -0.471. The van der Waals surface area contributed by atoms with Gasteiger partial charge >= 0.3 is 0 Å². The van der Waals surface area contributed by atoms with Crippen LogP contribution in [0.25, 0.3) is 10.2 Å². The zero-order valence-electron chi connectivity index (χ0n) is 12.8. The summed E-state index contributed by atoms with van der Waals surface area (Å²) in [7, 11) is 0. The molecule has 0 saturated carbocycles. The summed E-state index contributed by atoms with van der Waals surface area (Å²) < 4.78 is 0.589. The van der Waals surface area contributed by atoms with Gasteiger partial charge in [0.15, 0.2) is 5.13 Å². The molecule has 0 bridgehead atoms. The fourth-order valence-electron chi connectivity index (χ4n) is 2.24. The van der Waals surface area contributed by atoms with Crippen molar-refractivity contribution in [3.63, 3.8) is 0 Å². The van der Waals surface area contributed by atoms with Crippen LogP contribution in [0.4, 0.5) is 16.5 Å². The maximum Gasteiger partial charge on any atom is 0.271 e. The van der Waals surface area contributed by atoms with Crippen LogP contribution in [-0.2, 0) is 0 Å². The van der Waals surface area contributed by atoms with Crippen molar-refractivity contribution in [2.45, 2.75) is 6.92 Å². The Morgan fingerprint density at radius 2 is 1.72 bits per heavy atom. The minimum Gasteiger partial charge on any atom is -0.298 e. The van der Waals surface area contributed by atoms with E-state index >= 15 is 0 Å². The number of fused-ring (bicyclic) bond motifs is 1. The Kier molecular flexibility index (Phi) is 4.11. The van der Waals surface area contributed by atoms with Gasteiger partial charge in [-0.3, -0.25) is 30.3 Å². The lowest BCUT2D eigenvalue weighted by Gasteiger charge is -2.01. The molecular formula is C15H10N4O5S. The maximum atomic E-state index is 12.2. The van der Waals surface area contributed by atoms with Gasteiger partial charge in [-0.25, -0.2) is 4.98 Å². The van der Waals surface area contributed by atoms with E-state index in [9.17, 15) is 25.0 Å². The molecule has 0 aliphatic carbocycles. The molecule has 0 saturated heterocycles. The predicted molar refractivity (Wildman–Crippen MR) is 92.1 cm³/mol. The number of nitrogens with zero attached hydrogens (tertiary/aromatic N) is 3. The SMILES string of the molecule is Cc1cc([N+](=O)[O-])cc2sc(NC(=O)c3ccc([N+](=O)[O-])cc3)nc12. The van der Waals surface area contributed by atoms with E-state index in [1.54, 1.807) is 6.92 Å². The average Bonchev–Trinajstić information content (AvgIpc) is 2.97. The van der Waals surface area contributed by atoms with Crippen LogP contribution < -0.4 is 5.32 Å². The van der Waals surface area contributed by atoms with Gasteiger partial charge in [-0.05, 0) is 24.6 Å².